The monoisotopic (exact) mass is 394 g/mol. The van der Waals surface area contributed by atoms with Gasteiger partial charge in [-0.15, -0.1) is 0 Å². The summed E-state index contributed by atoms with van der Waals surface area (Å²) >= 11 is 0. The molecule has 29 heavy (non-hydrogen) atoms. The lowest BCUT2D eigenvalue weighted by atomic mass is 9.92. The molecule has 0 amide bonds. The minimum Gasteiger partial charge on any atom is -0.508 e. The third-order valence-electron chi connectivity index (χ3n) is 5.04. The number of aryl methyl sites for hydroxylation is 1. The van der Waals surface area contributed by atoms with E-state index in [0.29, 0.717) is 28.7 Å². The van der Waals surface area contributed by atoms with Gasteiger partial charge in [0.15, 0.2) is 0 Å². The van der Waals surface area contributed by atoms with E-state index in [0.717, 1.165) is 24.0 Å². The summed E-state index contributed by atoms with van der Waals surface area (Å²) in [6.07, 6.45) is 5.59. The first-order chi connectivity index (χ1) is 14.1. The van der Waals surface area contributed by atoms with E-state index >= 15 is 0 Å². The summed E-state index contributed by atoms with van der Waals surface area (Å²) in [6.45, 7) is 2.11. The lowest BCUT2D eigenvalue weighted by molar-refractivity contribution is -0.112. The quantitative estimate of drug-likeness (QED) is 0.594. The average molecular weight is 394 g/mol. The fourth-order valence-electron chi connectivity index (χ4n) is 3.62. The number of fused-ring (bicyclic) bond motifs is 1. The predicted molar refractivity (Wildman–Crippen MR) is 106 cm³/mol. The summed E-state index contributed by atoms with van der Waals surface area (Å²) in [7, 11) is 1.35. The van der Waals surface area contributed by atoms with Gasteiger partial charge < -0.3 is 23.7 Å². The van der Waals surface area contributed by atoms with Crippen LogP contribution in [0.4, 0.5) is 0 Å². The van der Waals surface area contributed by atoms with Gasteiger partial charge in [-0.05, 0) is 48.9 Å². The van der Waals surface area contributed by atoms with E-state index in [-0.39, 0.29) is 5.75 Å². The molecule has 2 aromatic carbocycles. The molecule has 0 atom stereocenters. The highest BCUT2D eigenvalue weighted by Gasteiger charge is 2.45. The summed E-state index contributed by atoms with van der Waals surface area (Å²) in [6, 6.07) is 11.8. The summed E-state index contributed by atoms with van der Waals surface area (Å²) < 4.78 is 23.0. The molecule has 2 heterocycles. The fourth-order valence-corrected chi connectivity index (χ4v) is 3.62. The van der Waals surface area contributed by atoms with Crippen LogP contribution in [0.25, 0.3) is 11.0 Å². The molecular formula is C23H22O6. The minimum absolute atomic E-state index is 0.145. The van der Waals surface area contributed by atoms with Crippen molar-refractivity contribution in [1.29, 1.82) is 0 Å². The molecule has 1 aliphatic heterocycles. The fraction of sp³-hybridized carbons (Fsp3) is 0.261. The molecule has 0 fully saturated rings. The Hall–Kier alpha value is -3.41. The van der Waals surface area contributed by atoms with Crippen LogP contribution in [0.3, 0.4) is 0 Å². The van der Waals surface area contributed by atoms with Crippen molar-refractivity contribution in [2.75, 3.05) is 7.11 Å². The zero-order chi connectivity index (χ0) is 20.4. The maximum absolute atomic E-state index is 12.1. The first kappa shape index (κ1) is 18.9. The van der Waals surface area contributed by atoms with Crippen molar-refractivity contribution in [3.05, 3.63) is 77.4 Å². The van der Waals surface area contributed by atoms with Crippen LogP contribution in [0.1, 0.15) is 47.0 Å². The van der Waals surface area contributed by atoms with E-state index in [1.807, 2.05) is 0 Å². The predicted octanol–water partition coefficient (Wildman–Crippen LogP) is 4.99. The molecule has 1 aliphatic rings. The first-order valence-corrected chi connectivity index (χ1v) is 9.53. The molecule has 3 aromatic rings. The van der Waals surface area contributed by atoms with Crippen molar-refractivity contribution in [2.24, 2.45) is 0 Å². The van der Waals surface area contributed by atoms with Gasteiger partial charge in [-0.3, -0.25) is 0 Å². The van der Waals surface area contributed by atoms with E-state index in [1.165, 1.54) is 19.6 Å². The van der Waals surface area contributed by atoms with E-state index < -0.39 is 11.8 Å². The Labute approximate surface area is 168 Å². The number of ether oxygens (including phenoxy) is 3. The number of aromatic hydroxyl groups is 1. The number of esters is 1. The number of phenolic OH excluding ortho intramolecular Hbond substituents is 1. The number of hydrogen-bond acceptors (Lipinski definition) is 6. The van der Waals surface area contributed by atoms with E-state index in [1.54, 1.807) is 42.5 Å². The molecule has 0 bridgehead atoms. The van der Waals surface area contributed by atoms with Gasteiger partial charge in [0.1, 0.15) is 29.6 Å². The molecule has 150 valence electrons. The molecule has 0 saturated carbocycles. The Morgan fingerprint density at radius 3 is 2.48 bits per heavy atom. The molecular weight excluding hydrogens is 372 g/mol. The highest BCUT2D eigenvalue weighted by atomic mass is 16.7. The third kappa shape index (κ3) is 3.20. The summed E-state index contributed by atoms with van der Waals surface area (Å²) in [5.74, 6) is -0.817. The number of phenols is 1. The standard InChI is InChI=1S/C23H22O6/c1-3-4-5-20-21(18-14-15(22(25)26-2)6-11-19(18)29-20)23(27-12-13-28-23)16-7-9-17(24)10-8-16/h6-14,24H,3-5H2,1-2H3. The second kappa shape index (κ2) is 7.54. The van der Waals surface area contributed by atoms with Gasteiger partial charge in [0.25, 0.3) is 0 Å². The number of unbranched alkanes of at least 4 members (excludes halogenated alkanes) is 1. The lowest BCUT2D eigenvalue weighted by Crippen LogP contribution is -2.29. The Bertz CT molecular complexity index is 1050. The average Bonchev–Trinajstić information content (AvgIpc) is 3.36. The minimum atomic E-state index is -1.27. The largest absolute Gasteiger partial charge is 0.508 e. The second-order valence-corrected chi connectivity index (χ2v) is 6.88. The Morgan fingerprint density at radius 1 is 1.10 bits per heavy atom. The maximum atomic E-state index is 12.1. The normalized spacial score (nSPS) is 14.6. The maximum Gasteiger partial charge on any atom is 0.337 e. The number of hydrogen-bond donors (Lipinski definition) is 1. The van der Waals surface area contributed by atoms with Crippen molar-refractivity contribution in [3.63, 3.8) is 0 Å². The summed E-state index contributed by atoms with van der Waals surface area (Å²) in [4.78, 5) is 12.1. The Morgan fingerprint density at radius 2 is 1.83 bits per heavy atom. The highest BCUT2D eigenvalue weighted by Crippen LogP contribution is 2.46. The molecule has 0 saturated heterocycles. The van der Waals surface area contributed by atoms with Crippen LogP contribution in [0.5, 0.6) is 5.75 Å². The highest BCUT2D eigenvalue weighted by molar-refractivity contribution is 5.95. The molecule has 1 aromatic heterocycles. The second-order valence-electron chi connectivity index (χ2n) is 6.88. The van der Waals surface area contributed by atoms with Gasteiger partial charge in [-0.1, -0.05) is 13.3 Å². The van der Waals surface area contributed by atoms with Crippen LogP contribution in [-0.4, -0.2) is 18.2 Å². The van der Waals surface area contributed by atoms with Crippen LogP contribution >= 0.6 is 0 Å². The number of carbonyl (C=O) groups is 1. The molecule has 1 N–H and O–H groups in total. The number of benzene rings is 2. The Balaban J connectivity index is 1.97. The van der Waals surface area contributed by atoms with Crippen molar-refractivity contribution < 1.29 is 28.5 Å². The van der Waals surface area contributed by atoms with Gasteiger partial charge in [-0.2, -0.15) is 0 Å². The van der Waals surface area contributed by atoms with Gasteiger partial charge in [0.05, 0.1) is 18.2 Å². The van der Waals surface area contributed by atoms with Gasteiger partial charge >= 0.3 is 11.8 Å². The van der Waals surface area contributed by atoms with E-state index in [2.05, 4.69) is 6.92 Å². The molecule has 6 nitrogen and oxygen atoms in total. The molecule has 0 spiro atoms. The molecule has 4 rings (SSSR count). The van der Waals surface area contributed by atoms with Crippen LogP contribution in [0.2, 0.25) is 0 Å². The van der Waals surface area contributed by atoms with Crippen molar-refractivity contribution >= 4 is 16.9 Å². The zero-order valence-electron chi connectivity index (χ0n) is 16.3. The number of carbonyl (C=O) groups excluding carboxylic acids is 1. The summed E-state index contributed by atoms with van der Waals surface area (Å²) in [5, 5.41) is 10.4. The number of furan rings is 1. The smallest absolute Gasteiger partial charge is 0.337 e. The van der Waals surface area contributed by atoms with E-state index in [9.17, 15) is 9.90 Å². The first-order valence-electron chi connectivity index (χ1n) is 9.53. The lowest BCUT2D eigenvalue weighted by Gasteiger charge is -2.28. The van der Waals surface area contributed by atoms with Crippen molar-refractivity contribution in [2.45, 2.75) is 32.0 Å². The molecule has 0 unspecified atom stereocenters. The number of rotatable bonds is 6. The van der Waals surface area contributed by atoms with Crippen LogP contribution < -0.4 is 0 Å². The topological polar surface area (TPSA) is 78.1 Å². The SMILES string of the molecule is CCCCc1oc2ccc(C(=O)OC)cc2c1C1(c2ccc(O)cc2)OC=CO1. The van der Waals surface area contributed by atoms with Crippen LogP contribution in [0.15, 0.2) is 59.4 Å². The van der Waals surface area contributed by atoms with Crippen molar-refractivity contribution in [1.82, 2.24) is 0 Å². The van der Waals surface area contributed by atoms with Crippen LogP contribution in [0, 0.1) is 0 Å². The van der Waals surface area contributed by atoms with Gasteiger partial charge in [0.2, 0.25) is 0 Å². The summed E-state index contributed by atoms with van der Waals surface area (Å²) in [5.41, 5.74) is 2.46. The van der Waals surface area contributed by atoms with Crippen molar-refractivity contribution in [3.8, 4) is 5.75 Å². The van der Waals surface area contributed by atoms with E-state index in [4.69, 9.17) is 18.6 Å². The zero-order valence-corrected chi connectivity index (χ0v) is 16.3. The number of methoxy groups -OCH3 is 1. The van der Waals surface area contributed by atoms with Gasteiger partial charge in [0, 0.05) is 17.4 Å². The van der Waals surface area contributed by atoms with Crippen LogP contribution in [-0.2, 0) is 26.4 Å². The Kier molecular flexibility index (Phi) is 4.92. The molecule has 0 radical (unpaired) electrons. The molecule has 6 heteroatoms. The third-order valence-corrected chi connectivity index (χ3v) is 5.04. The van der Waals surface area contributed by atoms with Gasteiger partial charge in [-0.25, -0.2) is 4.79 Å². The molecule has 0 aliphatic carbocycles.